The van der Waals surface area contributed by atoms with Crippen molar-refractivity contribution in [2.45, 2.75) is 6.92 Å². The Hall–Kier alpha value is -1.32. The molecule has 0 aliphatic carbocycles. The molecule has 3 heteroatoms. The lowest BCUT2D eigenvalue weighted by molar-refractivity contribution is 0.122. The van der Waals surface area contributed by atoms with Gasteiger partial charge < -0.3 is 9.64 Å². The van der Waals surface area contributed by atoms with Crippen LogP contribution in [-0.2, 0) is 4.74 Å². The lowest BCUT2D eigenvalue weighted by Crippen LogP contribution is -2.36. The maximum absolute atomic E-state index is 5.41. The summed E-state index contributed by atoms with van der Waals surface area (Å²) in [6.07, 6.45) is 0. The van der Waals surface area contributed by atoms with E-state index in [1.54, 1.807) is 0 Å². The van der Waals surface area contributed by atoms with E-state index in [1.165, 1.54) is 21.0 Å². The third-order valence-corrected chi connectivity index (χ3v) is 4.39. The molecule has 3 rings (SSSR count). The van der Waals surface area contributed by atoms with Crippen molar-refractivity contribution in [3.8, 4) is 10.4 Å². The summed E-state index contributed by atoms with van der Waals surface area (Å²) in [5, 5.41) is 0. The maximum atomic E-state index is 5.41. The van der Waals surface area contributed by atoms with Crippen LogP contribution in [0.2, 0.25) is 0 Å². The van der Waals surface area contributed by atoms with Crippen LogP contribution in [0, 0.1) is 6.92 Å². The number of morpholine rings is 1. The fourth-order valence-corrected chi connectivity index (χ4v) is 3.38. The Balaban J connectivity index is 1.91. The smallest absolute Gasteiger partial charge is 0.0642 e. The van der Waals surface area contributed by atoms with Gasteiger partial charge in [-0.3, -0.25) is 0 Å². The maximum Gasteiger partial charge on any atom is 0.0642 e. The summed E-state index contributed by atoms with van der Waals surface area (Å²) in [5.74, 6) is 0. The minimum absolute atomic E-state index is 0.843. The molecule has 1 fully saturated rings. The number of hydrogen-bond acceptors (Lipinski definition) is 3. The van der Waals surface area contributed by atoms with Gasteiger partial charge in [0.05, 0.1) is 18.9 Å². The average molecular weight is 259 g/mol. The van der Waals surface area contributed by atoms with Gasteiger partial charge in [-0.25, -0.2) is 0 Å². The van der Waals surface area contributed by atoms with Gasteiger partial charge in [-0.15, -0.1) is 11.3 Å². The van der Waals surface area contributed by atoms with Gasteiger partial charge in [0.15, 0.2) is 0 Å². The highest BCUT2D eigenvalue weighted by Crippen LogP contribution is 2.36. The first-order chi connectivity index (χ1) is 8.84. The second-order valence-electron chi connectivity index (χ2n) is 4.52. The van der Waals surface area contributed by atoms with Crippen molar-refractivity contribution in [2.75, 3.05) is 31.2 Å². The monoisotopic (exact) mass is 259 g/mol. The standard InChI is InChI=1S/C15H17NOS/c1-12-14(16-7-9-17-10-8-16)11-15(18-12)13-5-3-2-4-6-13/h2-6,11H,7-10H2,1H3. The molecule has 94 valence electrons. The van der Waals surface area contributed by atoms with Crippen molar-refractivity contribution < 1.29 is 4.74 Å². The molecule has 1 aromatic heterocycles. The van der Waals surface area contributed by atoms with E-state index in [9.17, 15) is 0 Å². The minimum Gasteiger partial charge on any atom is -0.378 e. The van der Waals surface area contributed by atoms with Gasteiger partial charge in [-0.1, -0.05) is 30.3 Å². The van der Waals surface area contributed by atoms with Crippen molar-refractivity contribution in [3.05, 3.63) is 41.3 Å². The minimum atomic E-state index is 0.843. The quantitative estimate of drug-likeness (QED) is 0.817. The predicted molar refractivity (Wildman–Crippen MR) is 77.5 cm³/mol. The molecule has 1 aliphatic rings. The molecule has 2 aromatic rings. The van der Waals surface area contributed by atoms with Gasteiger partial charge in [0, 0.05) is 22.8 Å². The number of aryl methyl sites for hydroxylation is 1. The van der Waals surface area contributed by atoms with Crippen LogP contribution in [-0.4, -0.2) is 26.3 Å². The second kappa shape index (κ2) is 5.12. The number of ether oxygens (including phenoxy) is 1. The Labute approximate surface area is 112 Å². The van der Waals surface area contributed by atoms with Crippen molar-refractivity contribution in [3.63, 3.8) is 0 Å². The zero-order valence-electron chi connectivity index (χ0n) is 10.6. The molecule has 2 nitrogen and oxygen atoms in total. The summed E-state index contributed by atoms with van der Waals surface area (Å²) in [7, 11) is 0. The number of nitrogens with zero attached hydrogens (tertiary/aromatic N) is 1. The van der Waals surface area contributed by atoms with Gasteiger partial charge in [0.2, 0.25) is 0 Å². The number of hydrogen-bond donors (Lipinski definition) is 0. The van der Waals surface area contributed by atoms with E-state index < -0.39 is 0 Å². The van der Waals surface area contributed by atoms with E-state index >= 15 is 0 Å². The fourth-order valence-electron chi connectivity index (χ4n) is 2.34. The second-order valence-corrected chi connectivity index (χ2v) is 5.77. The van der Waals surface area contributed by atoms with Crippen LogP contribution in [0.5, 0.6) is 0 Å². The topological polar surface area (TPSA) is 12.5 Å². The lowest BCUT2D eigenvalue weighted by Gasteiger charge is -2.28. The molecule has 2 heterocycles. The summed E-state index contributed by atoms with van der Waals surface area (Å²) < 4.78 is 5.41. The highest BCUT2D eigenvalue weighted by molar-refractivity contribution is 7.16. The van der Waals surface area contributed by atoms with Gasteiger partial charge in [0.25, 0.3) is 0 Å². The Kier molecular flexibility index (Phi) is 3.35. The molecule has 0 amide bonds. The highest BCUT2D eigenvalue weighted by Gasteiger charge is 2.16. The van der Waals surface area contributed by atoms with Crippen molar-refractivity contribution in [1.29, 1.82) is 0 Å². The number of benzene rings is 1. The van der Waals surface area contributed by atoms with Crippen LogP contribution < -0.4 is 4.90 Å². The zero-order chi connectivity index (χ0) is 12.4. The average Bonchev–Trinajstić information content (AvgIpc) is 2.83. The molecule has 0 atom stereocenters. The zero-order valence-corrected chi connectivity index (χ0v) is 11.4. The summed E-state index contributed by atoms with van der Waals surface area (Å²) in [6.45, 7) is 5.91. The predicted octanol–water partition coefficient (Wildman–Crippen LogP) is 3.56. The van der Waals surface area contributed by atoms with Gasteiger partial charge >= 0.3 is 0 Å². The lowest BCUT2D eigenvalue weighted by atomic mass is 10.2. The Bertz CT molecular complexity index is 515. The number of anilines is 1. The molecule has 0 radical (unpaired) electrons. The fraction of sp³-hybridized carbons (Fsp3) is 0.333. The van der Waals surface area contributed by atoms with E-state index in [-0.39, 0.29) is 0 Å². The van der Waals surface area contributed by atoms with Crippen LogP contribution >= 0.6 is 11.3 Å². The third-order valence-electron chi connectivity index (χ3n) is 3.30. The molecule has 1 aromatic carbocycles. The van der Waals surface area contributed by atoms with Crippen LogP contribution in [0.3, 0.4) is 0 Å². The van der Waals surface area contributed by atoms with Crippen LogP contribution in [0.1, 0.15) is 4.88 Å². The molecule has 18 heavy (non-hydrogen) atoms. The molecule has 0 bridgehead atoms. The molecule has 0 unspecified atom stereocenters. The molecular weight excluding hydrogens is 242 g/mol. The largest absolute Gasteiger partial charge is 0.378 e. The highest BCUT2D eigenvalue weighted by atomic mass is 32.1. The normalized spacial score (nSPS) is 15.9. The van der Waals surface area contributed by atoms with Crippen LogP contribution in [0.4, 0.5) is 5.69 Å². The van der Waals surface area contributed by atoms with Crippen molar-refractivity contribution in [1.82, 2.24) is 0 Å². The van der Waals surface area contributed by atoms with Crippen molar-refractivity contribution in [2.24, 2.45) is 0 Å². The summed E-state index contributed by atoms with van der Waals surface area (Å²) in [5.41, 5.74) is 2.69. The molecule has 0 saturated carbocycles. The first-order valence-corrected chi connectivity index (χ1v) is 7.15. The number of rotatable bonds is 2. The molecule has 1 aliphatic heterocycles. The van der Waals surface area contributed by atoms with Gasteiger partial charge in [-0.2, -0.15) is 0 Å². The van der Waals surface area contributed by atoms with Gasteiger partial charge in [-0.05, 0) is 18.6 Å². The van der Waals surface area contributed by atoms with E-state index in [0.717, 1.165) is 26.3 Å². The molecule has 0 spiro atoms. The van der Waals surface area contributed by atoms with Crippen LogP contribution in [0.15, 0.2) is 36.4 Å². The SMILES string of the molecule is Cc1sc(-c2ccccc2)cc1N1CCOCC1. The Morgan fingerprint density at radius 1 is 1.11 bits per heavy atom. The van der Waals surface area contributed by atoms with Gasteiger partial charge in [0.1, 0.15) is 0 Å². The van der Waals surface area contributed by atoms with Crippen LogP contribution in [0.25, 0.3) is 10.4 Å². The van der Waals surface area contributed by atoms with E-state index in [1.807, 2.05) is 11.3 Å². The third kappa shape index (κ3) is 2.28. The van der Waals surface area contributed by atoms with E-state index in [2.05, 4.69) is 48.2 Å². The molecule has 1 saturated heterocycles. The van der Waals surface area contributed by atoms with E-state index in [0.29, 0.717) is 0 Å². The molecule has 0 N–H and O–H groups in total. The number of thiophene rings is 1. The first-order valence-electron chi connectivity index (χ1n) is 6.33. The summed E-state index contributed by atoms with van der Waals surface area (Å²) in [4.78, 5) is 5.19. The Morgan fingerprint density at radius 3 is 2.56 bits per heavy atom. The summed E-state index contributed by atoms with van der Waals surface area (Å²) in [6, 6.07) is 12.9. The first kappa shape index (κ1) is 11.8. The Morgan fingerprint density at radius 2 is 1.83 bits per heavy atom. The summed E-state index contributed by atoms with van der Waals surface area (Å²) >= 11 is 1.88. The van der Waals surface area contributed by atoms with E-state index in [4.69, 9.17) is 4.74 Å². The van der Waals surface area contributed by atoms with Crippen molar-refractivity contribution >= 4 is 17.0 Å². The molecular formula is C15H17NOS.